The molecule has 0 atom stereocenters. The zero-order valence-corrected chi connectivity index (χ0v) is 15.6. The van der Waals surface area contributed by atoms with Gasteiger partial charge in [0, 0.05) is 26.2 Å². The van der Waals surface area contributed by atoms with E-state index in [1.54, 1.807) is 11.8 Å². The molecule has 0 radical (unpaired) electrons. The molecule has 0 aliphatic carbocycles. The zero-order valence-electron chi connectivity index (χ0n) is 14.8. The average Bonchev–Trinajstić information content (AvgIpc) is 2.77. The predicted molar refractivity (Wildman–Crippen MR) is 96.3 cm³/mol. The maximum Gasteiger partial charge on any atom is 0.401 e. The minimum Gasteiger partial charge on any atom is -0.337 e. The number of para-hydroxylation sites is 1. The van der Waals surface area contributed by atoms with E-state index >= 15 is 0 Å². The van der Waals surface area contributed by atoms with Crippen LogP contribution in [0.25, 0.3) is 5.69 Å². The molecule has 1 amide bonds. The highest BCUT2D eigenvalue weighted by Gasteiger charge is 2.33. The predicted octanol–water partition coefficient (Wildman–Crippen LogP) is 3.54. The molecule has 0 saturated carbocycles. The molecule has 9 heteroatoms. The summed E-state index contributed by atoms with van der Waals surface area (Å²) in [6.07, 6.45) is -3.76. The first-order valence-electron chi connectivity index (χ1n) is 8.65. The number of carbonyl (C=O) groups excluding carboxylic acids is 1. The SMILES string of the molecule is Cc1nn(-c2ccccc2)c(Cl)c1C(=O)N1CCCN(CC(F)(F)F)CC1. The number of carbonyl (C=O) groups is 1. The van der Waals surface area contributed by atoms with Crippen LogP contribution in [0.15, 0.2) is 30.3 Å². The standard InChI is InChI=1S/C18H20ClF3N4O/c1-13-15(16(19)26(23-13)14-6-3-2-4-7-14)17(27)25-9-5-8-24(10-11-25)12-18(20,21)22/h2-4,6-7H,5,8-12H2,1H3. The van der Waals surface area contributed by atoms with Crippen LogP contribution >= 0.6 is 11.6 Å². The molecule has 0 spiro atoms. The van der Waals surface area contributed by atoms with Crippen molar-refractivity contribution in [1.82, 2.24) is 19.6 Å². The van der Waals surface area contributed by atoms with E-state index in [9.17, 15) is 18.0 Å². The summed E-state index contributed by atoms with van der Waals surface area (Å²) < 4.78 is 39.3. The van der Waals surface area contributed by atoms with E-state index in [-0.39, 0.29) is 24.1 Å². The van der Waals surface area contributed by atoms with Gasteiger partial charge in [-0.25, -0.2) is 4.68 Å². The second kappa shape index (κ2) is 7.90. The number of alkyl halides is 3. The number of nitrogens with zero attached hydrogens (tertiary/aromatic N) is 4. The van der Waals surface area contributed by atoms with Gasteiger partial charge in [0.05, 0.1) is 23.5 Å². The topological polar surface area (TPSA) is 41.4 Å². The van der Waals surface area contributed by atoms with E-state index in [4.69, 9.17) is 11.6 Å². The molecular formula is C18H20ClF3N4O. The van der Waals surface area contributed by atoms with Gasteiger partial charge in [0.15, 0.2) is 0 Å². The van der Waals surface area contributed by atoms with Crippen LogP contribution in [0.4, 0.5) is 13.2 Å². The summed E-state index contributed by atoms with van der Waals surface area (Å²) in [6.45, 7) is 1.84. The fourth-order valence-corrected chi connectivity index (χ4v) is 3.58. The second-order valence-electron chi connectivity index (χ2n) is 6.54. The number of halogens is 4. The van der Waals surface area contributed by atoms with Crippen molar-refractivity contribution in [2.45, 2.75) is 19.5 Å². The first kappa shape index (κ1) is 19.7. The number of hydrogen-bond donors (Lipinski definition) is 0. The van der Waals surface area contributed by atoms with Crippen molar-refractivity contribution in [3.63, 3.8) is 0 Å². The molecule has 1 aliphatic rings. The van der Waals surface area contributed by atoms with E-state index in [2.05, 4.69) is 5.10 Å². The molecule has 1 saturated heterocycles. The lowest BCUT2D eigenvalue weighted by molar-refractivity contribution is -0.145. The summed E-state index contributed by atoms with van der Waals surface area (Å²) in [5.74, 6) is -0.298. The highest BCUT2D eigenvalue weighted by molar-refractivity contribution is 6.33. The Morgan fingerprint density at radius 3 is 2.52 bits per heavy atom. The molecule has 0 N–H and O–H groups in total. The van der Waals surface area contributed by atoms with Gasteiger partial charge in [-0.05, 0) is 25.5 Å². The normalized spacial score (nSPS) is 16.4. The Hall–Kier alpha value is -2.06. The summed E-state index contributed by atoms with van der Waals surface area (Å²) in [5, 5.41) is 4.57. The molecule has 5 nitrogen and oxygen atoms in total. The molecular weight excluding hydrogens is 381 g/mol. The van der Waals surface area contributed by atoms with Crippen LogP contribution in [0.3, 0.4) is 0 Å². The Morgan fingerprint density at radius 2 is 1.85 bits per heavy atom. The van der Waals surface area contributed by atoms with Crippen LogP contribution in [-0.2, 0) is 0 Å². The largest absolute Gasteiger partial charge is 0.401 e. The molecule has 1 fully saturated rings. The molecule has 2 aromatic rings. The van der Waals surface area contributed by atoms with Crippen LogP contribution in [0.2, 0.25) is 5.15 Å². The van der Waals surface area contributed by atoms with Gasteiger partial charge in [0.2, 0.25) is 0 Å². The minimum atomic E-state index is -4.24. The van der Waals surface area contributed by atoms with E-state index in [0.717, 1.165) is 5.69 Å². The van der Waals surface area contributed by atoms with E-state index in [1.165, 1.54) is 9.58 Å². The second-order valence-corrected chi connectivity index (χ2v) is 6.89. The van der Waals surface area contributed by atoms with Crippen molar-refractivity contribution in [1.29, 1.82) is 0 Å². The van der Waals surface area contributed by atoms with Crippen LogP contribution in [0, 0.1) is 6.92 Å². The highest BCUT2D eigenvalue weighted by atomic mass is 35.5. The van der Waals surface area contributed by atoms with Gasteiger partial charge >= 0.3 is 6.18 Å². The van der Waals surface area contributed by atoms with Crippen molar-refractivity contribution in [3.05, 3.63) is 46.7 Å². The minimum absolute atomic E-state index is 0.175. The maximum absolute atomic E-state index is 13.0. The van der Waals surface area contributed by atoms with Crippen LogP contribution in [-0.4, -0.2) is 64.4 Å². The van der Waals surface area contributed by atoms with Crippen molar-refractivity contribution in [2.75, 3.05) is 32.7 Å². The molecule has 27 heavy (non-hydrogen) atoms. The summed E-state index contributed by atoms with van der Waals surface area (Å²) >= 11 is 6.43. The maximum atomic E-state index is 13.0. The Bertz CT molecular complexity index is 807. The van der Waals surface area contributed by atoms with Crippen molar-refractivity contribution in [3.8, 4) is 5.69 Å². The van der Waals surface area contributed by atoms with E-state index in [1.807, 2.05) is 30.3 Å². The Balaban J connectivity index is 1.77. The third-order valence-corrected chi connectivity index (χ3v) is 4.85. The molecule has 2 heterocycles. The van der Waals surface area contributed by atoms with Crippen molar-refractivity contribution >= 4 is 17.5 Å². The Kier molecular flexibility index (Phi) is 5.76. The molecule has 1 aromatic carbocycles. The number of aryl methyl sites for hydroxylation is 1. The lowest BCUT2D eigenvalue weighted by atomic mass is 10.2. The number of hydrogen-bond acceptors (Lipinski definition) is 3. The van der Waals surface area contributed by atoms with Crippen LogP contribution < -0.4 is 0 Å². The fourth-order valence-electron chi connectivity index (χ4n) is 3.23. The van der Waals surface area contributed by atoms with Gasteiger partial charge in [0.25, 0.3) is 5.91 Å². The van der Waals surface area contributed by atoms with Crippen LogP contribution in [0.5, 0.6) is 0 Å². The number of aromatic nitrogens is 2. The average molecular weight is 401 g/mol. The molecule has 0 bridgehead atoms. The summed E-state index contributed by atoms with van der Waals surface area (Å²) in [6, 6.07) is 9.20. The number of benzene rings is 1. The molecule has 1 aliphatic heterocycles. The quantitative estimate of drug-likeness (QED) is 0.791. The van der Waals surface area contributed by atoms with Crippen molar-refractivity contribution in [2.24, 2.45) is 0 Å². The third-order valence-electron chi connectivity index (χ3n) is 4.50. The smallest absolute Gasteiger partial charge is 0.337 e. The highest BCUT2D eigenvalue weighted by Crippen LogP contribution is 2.25. The van der Waals surface area contributed by atoms with E-state index < -0.39 is 12.7 Å². The van der Waals surface area contributed by atoms with Crippen LogP contribution in [0.1, 0.15) is 22.5 Å². The zero-order chi connectivity index (χ0) is 19.6. The van der Waals surface area contributed by atoms with Gasteiger partial charge in [-0.3, -0.25) is 9.69 Å². The fraction of sp³-hybridized carbons (Fsp3) is 0.444. The Morgan fingerprint density at radius 1 is 1.15 bits per heavy atom. The number of rotatable bonds is 3. The third kappa shape index (κ3) is 4.62. The van der Waals surface area contributed by atoms with Gasteiger partial charge in [-0.1, -0.05) is 29.8 Å². The van der Waals surface area contributed by atoms with Gasteiger partial charge in [-0.2, -0.15) is 18.3 Å². The molecule has 146 valence electrons. The molecule has 3 rings (SSSR count). The first-order valence-corrected chi connectivity index (χ1v) is 9.03. The van der Waals surface area contributed by atoms with Crippen molar-refractivity contribution < 1.29 is 18.0 Å². The summed E-state index contributed by atoms with van der Waals surface area (Å²) in [4.78, 5) is 15.9. The lowest BCUT2D eigenvalue weighted by Gasteiger charge is -2.22. The summed E-state index contributed by atoms with van der Waals surface area (Å²) in [7, 11) is 0. The molecule has 0 unspecified atom stereocenters. The number of amides is 1. The van der Waals surface area contributed by atoms with Gasteiger partial charge < -0.3 is 4.90 Å². The monoisotopic (exact) mass is 400 g/mol. The Labute approximate surface area is 160 Å². The summed E-state index contributed by atoms with van der Waals surface area (Å²) in [5.41, 5.74) is 1.52. The molecule has 1 aromatic heterocycles. The van der Waals surface area contributed by atoms with Gasteiger partial charge in [0.1, 0.15) is 5.15 Å². The van der Waals surface area contributed by atoms with E-state index in [0.29, 0.717) is 30.8 Å². The lowest BCUT2D eigenvalue weighted by Crippen LogP contribution is -2.38. The first-order chi connectivity index (χ1) is 12.8. The van der Waals surface area contributed by atoms with Gasteiger partial charge in [-0.15, -0.1) is 0 Å².